The highest BCUT2D eigenvalue weighted by atomic mass is 32.1. The minimum atomic E-state index is -0.184. The van der Waals surface area contributed by atoms with Gasteiger partial charge < -0.3 is 9.47 Å². The van der Waals surface area contributed by atoms with E-state index in [0.717, 1.165) is 23.6 Å². The van der Waals surface area contributed by atoms with E-state index in [1.807, 2.05) is 13.8 Å². The van der Waals surface area contributed by atoms with E-state index in [9.17, 15) is 4.79 Å². The van der Waals surface area contributed by atoms with Crippen molar-refractivity contribution >= 4 is 17.3 Å². The summed E-state index contributed by atoms with van der Waals surface area (Å²) < 4.78 is 10.8. The Labute approximate surface area is 182 Å². The van der Waals surface area contributed by atoms with Crippen molar-refractivity contribution in [1.29, 1.82) is 0 Å². The average molecular weight is 426 g/mol. The van der Waals surface area contributed by atoms with E-state index >= 15 is 0 Å². The summed E-state index contributed by atoms with van der Waals surface area (Å²) in [4.78, 5) is 16.2. The minimum Gasteiger partial charge on any atom is -0.483 e. The largest absolute Gasteiger partial charge is 0.483 e. The van der Waals surface area contributed by atoms with Gasteiger partial charge in [-0.1, -0.05) is 96.8 Å². The molecule has 0 unspecified atom stereocenters. The van der Waals surface area contributed by atoms with Gasteiger partial charge in [0.1, 0.15) is 0 Å². The van der Waals surface area contributed by atoms with Crippen molar-refractivity contribution < 1.29 is 14.3 Å². The third-order valence-electron chi connectivity index (χ3n) is 5.20. The first-order valence-electron chi connectivity index (χ1n) is 12.0. The molecule has 1 aromatic heterocycles. The molecule has 0 aliphatic rings. The molecule has 0 bridgehead atoms. The highest BCUT2D eigenvalue weighted by Crippen LogP contribution is 2.32. The maximum Gasteiger partial charge on any atom is 0.313 e. The second kappa shape index (κ2) is 17.7. The molecule has 4 nitrogen and oxygen atoms in total. The summed E-state index contributed by atoms with van der Waals surface area (Å²) in [5.74, 6) is -0.184. The third-order valence-corrected chi connectivity index (χ3v) is 6.14. The number of hydrogen-bond acceptors (Lipinski definition) is 5. The molecule has 1 heterocycles. The van der Waals surface area contributed by atoms with E-state index in [1.54, 1.807) is 0 Å². The summed E-state index contributed by atoms with van der Waals surface area (Å²) >= 11 is 1.30. The predicted octanol–water partition coefficient (Wildman–Crippen LogP) is 8.02. The Hall–Kier alpha value is -1.10. The molecule has 0 amide bonds. The highest BCUT2D eigenvalue weighted by Gasteiger charge is 2.13. The fourth-order valence-electron chi connectivity index (χ4n) is 3.46. The molecule has 0 radical (unpaired) electrons. The first-order chi connectivity index (χ1) is 14.2. The maximum atomic E-state index is 11.9. The number of hydrogen-bond donors (Lipinski definition) is 0. The lowest BCUT2D eigenvalue weighted by molar-refractivity contribution is -0.134. The highest BCUT2D eigenvalue weighted by molar-refractivity contribution is 7.15. The third kappa shape index (κ3) is 13.7. The lowest BCUT2D eigenvalue weighted by atomic mass is 10.0. The predicted molar refractivity (Wildman–Crippen MR) is 123 cm³/mol. The lowest BCUT2D eigenvalue weighted by Crippen LogP contribution is -2.07. The van der Waals surface area contributed by atoms with Crippen LogP contribution in [0.3, 0.4) is 0 Å². The van der Waals surface area contributed by atoms with Crippen molar-refractivity contribution in [3.8, 4) is 10.3 Å². The Morgan fingerprint density at radius 1 is 0.793 bits per heavy atom. The van der Waals surface area contributed by atoms with Crippen LogP contribution in [-0.2, 0) is 4.79 Å². The Kier molecular flexibility index (Phi) is 15.9. The molecule has 1 aromatic rings. The Morgan fingerprint density at radius 3 is 1.76 bits per heavy atom. The second-order valence-electron chi connectivity index (χ2n) is 7.96. The van der Waals surface area contributed by atoms with E-state index in [4.69, 9.17) is 9.47 Å². The number of unbranched alkanes of at least 4 members (excludes halogenated alkanes) is 14. The Morgan fingerprint density at radius 2 is 1.28 bits per heavy atom. The molecule has 0 aromatic carbocycles. The fraction of sp³-hybridized carbons (Fsp3) is 0.833. The van der Waals surface area contributed by atoms with Crippen LogP contribution in [0.5, 0.6) is 10.3 Å². The molecule has 0 aliphatic heterocycles. The molecule has 168 valence electrons. The van der Waals surface area contributed by atoms with Crippen molar-refractivity contribution in [3.63, 3.8) is 0 Å². The molecule has 0 aliphatic carbocycles. The zero-order chi connectivity index (χ0) is 21.2. The first kappa shape index (κ1) is 25.9. The first-order valence-corrected chi connectivity index (χ1v) is 12.8. The van der Waals surface area contributed by atoms with E-state index in [0.29, 0.717) is 18.2 Å². The van der Waals surface area contributed by atoms with Gasteiger partial charge in [0, 0.05) is 6.42 Å². The molecule has 0 N–H and O–H groups in total. The minimum absolute atomic E-state index is 0.184. The van der Waals surface area contributed by atoms with Crippen LogP contribution in [0.15, 0.2) is 0 Å². The summed E-state index contributed by atoms with van der Waals surface area (Å²) in [6.45, 7) is 6.67. The van der Waals surface area contributed by atoms with E-state index in [1.165, 1.54) is 94.8 Å². The van der Waals surface area contributed by atoms with Gasteiger partial charge in [-0.25, -0.2) is 4.98 Å². The molecule has 0 atom stereocenters. The number of thiazole rings is 1. The number of aryl methyl sites for hydroxylation is 1. The van der Waals surface area contributed by atoms with Crippen molar-refractivity contribution in [1.82, 2.24) is 4.98 Å². The van der Waals surface area contributed by atoms with E-state index in [2.05, 4.69) is 11.9 Å². The topological polar surface area (TPSA) is 48.4 Å². The molecular weight excluding hydrogens is 382 g/mol. The van der Waals surface area contributed by atoms with Gasteiger partial charge in [-0.05, 0) is 31.6 Å². The summed E-state index contributed by atoms with van der Waals surface area (Å²) in [5, 5.41) is 1.14. The lowest BCUT2D eigenvalue weighted by Gasteiger charge is -2.03. The van der Waals surface area contributed by atoms with Crippen LogP contribution < -0.4 is 9.47 Å². The average Bonchev–Trinajstić information content (AvgIpc) is 3.04. The van der Waals surface area contributed by atoms with Gasteiger partial charge in [-0.3, -0.25) is 4.79 Å². The van der Waals surface area contributed by atoms with Crippen LogP contribution in [0.25, 0.3) is 0 Å². The van der Waals surface area contributed by atoms with Crippen molar-refractivity contribution in [2.24, 2.45) is 0 Å². The number of nitrogens with zero attached hydrogens (tertiary/aromatic N) is 1. The van der Waals surface area contributed by atoms with Gasteiger partial charge in [0.15, 0.2) is 5.06 Å². The number of rotatable bonds is 19. The molecule has 0 spiro atoms. The number of esters is 1. The van der Waals surface area contributed by atoms with Gasteiger partial charge in [-0.15, -0.1) is 0 Å². The number of aromatic nitrogens is 1. The summed E-state index contributed by atoms with van der Waals surface area (Å²) in [6.07, 6.45) is 20.3. The number of carbonyl (C=O) groups excluding carboxylic acids is 1. The molecule has 5 heteroatoms. The quantitative estimate of drug-likeness (QED) is 0.166. The Bertz CT molecular complexity index is 530. The van der Waals surface area contributed by atoms with Crippen LogP contribution in [0.1, 0.15) is 122 Å². The van der Waals surface area contributed by atoms with Crippen LogP contribution in [0, 0.1) is 6.92 Å². The fourth-order valence-corrected chi connectivity index (χ4v) is 4.30. The van der Waals surface area contributed by atoms with Gasteiger partial charge in [0.05, 0.1) is 12.3 Å². The molecule has 0 fully saturated rings. The zero-order valence-electron chi connectivity index (χ0n) is 19.1. The zero-order valence-corrected chi connectivity index (χ0v) is 19.9. The van der Waals surface area contributed by atoms with Crippen molar-refractivity contribution in [2.45, 2.75) is 124 Å². The van der Waals surface area contributed by atoms with Gasteiger partial charge in [0.25, 0.3) is 5.19 Å². The van der Waals surface area contributed by atoms with E-state index < -0.39 is 0 Å². The van der Waals surface area contributed by atoms with Crippen LogP contribution in [0.2, 0.25) is 0 Å². The monoisotopic (exact) mass is 425 g/mol. The molecule has 29 heavy (non-hydrogen) atoms. The van der Waals surface area contributed by atoms with Crippen LogP contribution in [0.4, 0.5) is 0 Å². The molecule has 0 saturated carbocycles. The summed E-state index contributed by atoms with van der Waals surface area (Å²) in [5.41, 5.74) is 0.784. The normalized spacial score (nSPS) is 11.0. The summed E-state index contributed by atoms with van der Waals surface area (Å²) in [6, 6.07) is 0. The smallest absolute Gasteiger partial charge is 0.313 e. The molecule has 1 rings (SSSR count). The van der Waals surface area contributed by atoms with Gasteiger partial charge >= 0.3 is 5.97 Å². The van der Waals surface area contributed by atoms with E-state index in [-0.39, 0.29) is 5.97 Å². The van der Waals surface area contributed by atoms with Crippen molar-refractivity contribution in [3.05, 3.63) is 5.69 Å². The maximum absolute atomic E-state index is 11.9. The Balaban J connectivity index is 1.88. The molecule has 0 saturated heterocycles. The summed E-state index contributed by atoms with van der Waals surface area (Å²) in [7, 11) is 0. The number of ether oxygens (including phenoxy) is 2. The van der Waals surface area contributed by atoms with Gasteiger partial charge in [-0.2, -0.15) is 0 Å². The molecular formula is C24H43NO3S. The SMILES string of the molecule is CCCCCCCCCCCCCCCCCC(=O)Oc1nc(C)c(OCC)s1. The van der Waals surface area contributed by atoms with Crippen LogP contribution in [-0.4, -0.2) is 17.6 Å². The standard InChI is InChI=1S/C24H43NO3S/c1-4-6-7-8-9-10-11-12-13-14-15-16-17-18-19-20-22(26)28-24-25-21(3)23(29-24)27-5-2/h4-20H2,1-3H3. The van der Waals surface area contributed by atoms with Crippen LogP contribution >= 0.6 is 11.3 Å². The number of carbonyl (C=O) groups is 1. The van der Waals surface area contributed by atoms with Crippen molar-refractivity contribution in [2.75, 3.05) is 6.61 Å². The van der Waals surface area contributed by atoms with Gasteiger partial charge in [0.2, 0.25) is 0 Å². The second-order valence-corrected chi connectivity index (χ2v) is 8.88.